The van der Waals surface area contributed by atoms with Crippen LogP contribution in [0.4, 0.5) is 11.4 Å². The molecule has 1 unspecified atom stereocenters. The van der Waals surface area contributed by atoms with Crippen LogP contribution in [-0.2, 0) is 4.79 Å². The highest BCUT2D eigenvalue weighted by atomic mass is 35.5. The van der Waals surface area contributed by atoms with E-state index < -0.39 is 6.10 Å². The summed E-state index contributed by atoms with van der Waals surface area (Å²) in [5.74, 6) is 0.186. The zero-order chi connectivity index (χ0) is 15.4. The van der Waals surface area contributed by atoms with Crippen molar-refractivity contribution in [2.45, 2.75) is 13.0 Å². The van der Waals surface area contributed by atoms with E-state index in [-0.39, 0.29) is 5.91 Å². The number of hydrogen-bond acceptors (Lipinski definition) is 3. The second-order valence-electron chi connectivity index (χ2n) is 4.45. The van der Waals surface area contributed by atoms with E-state index in [1.54, 1.807) is 49.4 Å². The molecular weight excluding hydrogens is 311 g/mol. The number of amides is 1. The van der Waals surface area contributed by atoms with Crippen LogP contribution >= 0.6 is 23.2 Å². The fourth-order valence-electron chi connectivity index (χ4n) is 1.67. The van der Waals surface area contributed by atoms with Gasteiger partial charge in [-0.15, -0.1) is 0 Å². The molecule has 0 aliphatic carbocycles. The summed E-state index contributed by atoms with van der Waals surface area (Å²) >= 11 is 11.7. The monoisotopic (exact) mass is 324 g/mol. The van der Waals surface area contributed by atoms with E-state index in [0.717, 1.165) is 0 Å². The van der Waals surface area contributed by atoms with Crippen LogP contribution in [0.5, 0.6) is 5.75 Å². The molecular formula is C15H14Cl2N2O2. The molecule has 0 spiro atoms. The van der Waals surface area contributed by atoms with Crippen molar-refractivity contribution in [1.29, 1.82) is 0 Å². The molecule has 0 aliphatic rings. The van der Waals surface area contributed by atoms with Crippen LogP contribution in [0.25, 0.3) is 0 Å². The molecule has 2 rings (SSSR count). The van der Waals surface area contributed by atoms with Crippen molar-refractivity contribution in [3.8, 4) is 5.75 Å². The lowest BCUT2D eigenvalue weighted by Gasteiger charge is -2.15. The van der Waals surface area contributed by atoms with E-state index in [1.165, 1.54) is 0 Å². The number of benzene rings is 2. The van der Waals surface area contributed by atoms with E-state index in [9.17, 15) is 4.79 Å². The highest BCUT2D eigenvalue weighted by molar-refractivity contribution is 6.42. The molecule has 0 radical (unpaired) electrons. The maximum atomic E-state index is 12.0. The number of nitrogen functional groups attached to an aromatic ring is 1. The largest absolute Gasteiger partial charge is 0.481 e. The Morgan fingerprint density at radius 2 is 1.95 bits per heavy atom. The molecule has 0 fully saturated rings. The van der Waals surface area contributed by atoms with Crippen molar-refractivity contribution < 1.29 is 9.53 Å². The zero-order valence-corrected chi connectivity index (χ0v) is 12.8. The van der Waals surface area contributed by atoms with Gasteiger partial charge in [0.25, 0.3) is 5.91 Å². The van der Waals surface area contributed by atoms with Gasteiger partial charge in [0.05, 0.1) is 10.0 Å². The average molecular weight is 325 g/mol. The van der Waals surface area contributed by atoms with E-state index >= 15 is 0 Å². The molecule has 0 heterocycles. The van der Waals surface area contributed by atoms with Gasteiger partial charge in [-0.05, 0) is 37.3 Å². The average Bonchev–Trinajstić information content (AvgIpc) is 2.43. The number of nitrogens with one attached hydrogen (secondary N) is 1. The van der Waals surface area contributed by atoms with Crippen molar-refractivity contribution in [3.63, 3.8) is 0 Å². The quantitative estimate of drug-likeness (QED) is 0.836. The van der Waals surface area contributed by atoms with Gasteiger partial charge in [-0.25, -0.2) is 0 Å². The SMILES string of the molecule is CC(Oc1ccc(Cl)c(Cl)c1)C(=O)Nc1cccc(N)c1. The number of hydrogen-bond donors (Lipinski definition) is 2. The molecule has 6 heteroatoms. The Bertz CT molecular complexity index is 662. The summed E-state index contributed by atoms with van der Waals surface area (Å²) in [7, 11) is 0. The van der Waals surface area contributed by atoms with Crippen LogP contribution < -0.4 is 15.8 Å². The topological polar surface area (TPSA) is 64.3 Å². The van der Waals surface area contributed by atoms with Crippen LogP contribution in [0.1, 0.15) is 6.92 Å². The molecule has 0 aromatic heterocycles. The third-order valence-corrected chi connectivity index (χ3v) is 3.47. The number of halogens is 2. The molecule has 110 valence electrons. The summed E-state index contributed by atoms with van der Waals surface area (Å²) in [5, 5.41) is 3.53. The molecule has 2 aromatic carbocycles. The number of carbonyl (C=O) groups is 1. The molecule has 1 atom stereocenters. The van der Waals surface area contributed by atoms with Gasteiger partial charge < -0.3 is 15.8 Å². The molecule has 3 N–H and O–H groups in total. The summed E-state index contributed by atoms with van der Waals surface area (Å²) in [6.45, 7) is 1.64. The van der Waals surface area contributed by atoms with Gasteiger partial charge in [-0.1, -0.05) is 29.3 Å². The predicted octanol–water partition coefficient (Wildman–Crippen LogP) is 3.98. The second-order valence-corrected chi connectivity index (χ2v) is 5.27. The number of rotatable bonds is 4. The summed E-state index contributed by atoms with van der Waals surface area (Å²) < 4.78 is 5.53. The van der Waals surface area contributed by atoms with E-state index in [1.807, 2.05) is 0 Å². The Morgan fingerprint density at radius 1 is 1.19 bits per heavy atom. The molecule has 0 saturated heterocycles. The first-order valence-corrected chi connectivity index (χ1v) is 6.99. The minimum atomic E-state index is -0.691. The lowest BCUT2D eigenvalue weighted by molar-refractivity contribution is -0.122. The highest BCUT2D eigenvalue weighted by Crippen LogP contribution is 2.27. The Morgan fingerprint density at radius 3 is 2.62 bits per heavy atom. The number of nitrogens with two attached hydrogens (primary N) is 1. The van der Waals surface area contributed by atoms with Crippen LogP contribution in [0.15, 0.2) is 42.5 Å². The van der Waals surface area contributed by atoms with E-state index in [2.05, 4.69) is 5.32 Å². The summed E-state index contributed by atoms with van der Waals surface area (Å²) in [6.07, 6.45) is -0.691. The minimum absolute atomic E-state index is 0.285. The van der Waals surface area contributed by atoms with Crippen LogP contribution in [-0.4, -0.2) is 12.0 Å². The Kier molecular flexibility index (Phi) is 4.94. The van der Waals surface area contributed by atoms with Crippen molar-refractivity contribution in [2.24, 2.45) is 0 Å². The van der Waals surface area contributed by atoms with Gasteiger partial charge in [0.15, 0.2) is 6.10 Å². The van der Waals surface area contributed by atoms with Gasteiger partial charge >= 0.3 is 0 Å². The molecule has 0 saturated carbocycles. The van der Waals surface area contributed by atoms with Gasteiger partial charge in [0.2, 0.25) is 0 Å². The summed E-state index contributed by atoms with van der Waals surface area (Å²) in [6, 6.07) is 11.7. The summed E-state index contributed by atoms with van der Waals surface area (Å²) in [4.78, 5) is 12.0. The smallest absolute Gasteiger partial charge is 0.265 e. The normalized spacial score (nSPS) is 11.8. The van der Waals surface area contributed by atoms with E-state index in [4.69, 9.17) is 33.7 Å². The van der Waals surface area contributed by atoms with Gasteiger partial charge in [-0.2, -0.15) is 0 Å². The van der Waals surface area contributed by atoms with E-state index in [0.29, 0.717) is 27.2 Å². The second kappa shape index (κ2) is 6.70. The van der Waals surface area contributed by atoms with Crippen molar-refractivity contribution in [2.75, 3.05) is 11.1 Å². The molecule has 21 heavy (non-hydrogen) atoms. The van der Waals surface area contributed by atoms with Crippen LogP contribution in [0.2, 0.25) is 10.0 Å². The molecule has 0 aliphatic heterocycles. The molecule has 4 nitrogen and oxygen atoms in total. The Labute approximate surface area is 132 Å². The first kappa shape index (κ1) is 15.5. The maximum absolute atomic E-state index is 12.0. The Hall–Kier alpha value is -1.91. The Balaban J connectivity index is 2.00. The fraction of sp³-hybridized carbons (Fsp3) is 0.133. The minimum Gasteiger partial charge on any atom is -0.481 e. The third-order valence-electron chi connectivity index (χ3n) is 2.73. The molecule has 0 bridgehead atoms. The lowest BCUT2D eigenvalue weighted by Crippen LogP contribution is -2.30. The fourth-order valence-corrected chi connectivity index (χ4v) is 1.96. The van der Waals surface area contributed by atoms with Crippen molar-refractivity contribution in [1.82, 2.24) is 0 Å². The zero-order valence-electron chi connectivity index (χ0n) is 11.3. The molecule has 2 aromatic rings. The first-order valence-electron chi connectivity index (χ1n) is 6.24. The van der Waals surface area contributed by atoms with Gasteiger partial charge in [0.1, 0.15) is 5.75 Å². The first-order chi connectivity index (χ1) is 9.95. The molecule has 1 amide bonds. The van der Waals surface area contributed by atoms with Crippen LogP contribution in [0, 0.1) is 0 Å². The van der Waals surface area contributed by atoms with Crippen LogP contribution in [0.3, 0.4) is 0 Å². The third kappa shape index (κ3) is 4.28. The number of anilines is 2. The standard InChI is InChI=1S/C15H14Cl2N2O2/c1-9(21-12-5-6-13(16)14(17)8-12)15(20)19-11-4-2-3-10(18)7-11/h2-9H,18H2,1H3,(H,19,20). The van der Waals surface area contributed by atoms with Gasteiger partial charge in [-0.3, -0.25) is 4.79 Å². The number of ether oxygens (including phenoxy) is 1. The van der Waals surface area contributed by atoms with Gasteiger partial charge in [0, 0.05) is 17.4 Å². The maximum Gasteiger partial charge on any atom is 0.265 e. The highest BCUT2D eigenvalue weighted by Gasteiger charge is 2.15. The van der Waals surface area contributed by atoms with Crippen molar-refractivity contribution >= 4 is 40.5 Å². The predicted molar refractivity (Wildman–Crippen MR) is 86.0 cm³/mol. The van der Waals surface area contributed by atoms with Crippen molar-refractivity contribution in [3.05, 3.63) is 52.5 Å². The summed E-state index contributed by atoms with van der Waals surface area (Å²) in [5.41, 5.74) is 6.85. The number of carbonyl (C=O) groups excluding carboxylic acids is 1. The lowest BCUT2D eigenvalue weighted by atomic mass is 10.2.